The largest absolute Gasteiger partial charge is 0.494 e. The van der Waals surface area contributed by atoms with E-state index in [9.17, 15) is 4.79 Å². The number of azide groups is 1. The van der Waals surface area contributed by atoms with Crippen molar-refractivity contribution >= 4 is 23.4 Å². The second kappa shape index (κ2) is 14.5. The number of aliphatic hydroxyl groups excluding tert-OH is 1. The maximum atomic E-state index is 13.8. The maximum absolute atomic E-state index is 13.8. The second-order valence-corrected chi connectivity index (χ2v) is 10.1. The summed E-state index contributed by atoms with van der Waals surface area (Å²) < 4.78 is 11.8. The van der Waals surface area contributed by atoms with Crippen LogP contribution in [0.1, 0.15) is 35.6 Å². The normalized spacial score (nSPS) is 17.7. The van der Waals surface area contributed by atoms with Crippen LogP contribution < -0.4 is 15.6 Å². The van der Waals surface area contributed by atoms with Crippen LogP contribution in [0.5, 0.6) is 5.75 Å². The number of ether oxygens (including phenoxy) is 2. The molecule has 10 nitrogen and oxygen atoms in total. The Labute approximate surface area is 244 Å². The van der Waals surface area contributed by atoms with E-state index in [-0.39, 0.29) is 25.5 Å². The van der Waals surface area contributed by atoms with Gasteiger partial charge in [0.15, 0.2) is 5.54 Å². The highest BCUT2D eigenvalue weighted by molar-refractivity contribution is 6.30. The summed E-state index contributed by atoms with van der Waals surface area (Å²) in [4.78, 5) is 21.6. The van der Waals surface area contributed by atoms with E-state index in [4.69, 9.17) is 36.7 Å². The molecule has 0 unspecified atom stereocenters. The second-order valence-electron chi connectivity index (χ2n) is 9.64. The van der Waals surface area contributed by atoms with Crippen molar-refractivity contribution in [2.75, 3.05) is 19.8 Å². The van der Waals surface area contributed by atoms with Gasteiger partial charge in [-0.1, -0.05) is 53.1 Å². The summed E-state index contributed by atoms with van der Waals surface area (Å²) in [6, 6.07) is 22.3. The molecule has 0 saturated carbocycles. The Balaban J connectivity index is 1.56. The van der Waals surface area contributed by atoms with Crippen LogP contribution in [-0.2, 0) is 28.9 Å². The van der Waals surface area contributed by atoms with E-state index >= 15 is 0 Å². The summed E-state index contributed by atoms with van der Waals surface area (Å²) in [6.07, 6.45) is 0.875. The van der Waals surface area contributed by atoms with Gasteiger partial charge in [0.25, 0.3) is 5.91 Å². The zero-order valence-electron chi connectivity index (χ0n) is 22.8. The number of hydrogen-bond donors (Lipinski definition) is 3. The first kappa shape index (κ1) is 29.9. The molecule has 1 heterocycles. The Bertz CT molecular complexity index is 1390. The van der Waals surface area contributed by atoms with Crippen molar-refractivity contribution < 1.29 is 19.4 Å². The molecule has 0 bridgehead atoms. The third-order valence-electron chi connectivity index (χ3n) is 6.86. The minimum Gasteiger partial charge on any atom is -0.494 e. The predicted octanol–water partition coefficient (Wildman–Crippen LogP) is 4.92. The van der Waals surface area contributed by atoms with E-state index < -0.39 is 11.6 Å². The number of hydrazine groups is 1. The molecule has 0 fully saturated rings. The van der Waals surface area contributed by atoms with Crippen molar-refractivity contribution in [2.24, 2.45) is 10.1 Å². The lowest BCUT2D eigenvalue weighted by molar-refractivity contribution is -0.129. The quantitative estimate of drug-likeness (QED) is 0.0821. The first-order valence-electron chi connectivity index (χ1n) is 13.4. The van der Waals surface area contributed by atoms with Crippen LogP contribution in [0.15, 0.2) is 82.9 Å². The van der Waals surface area contributed by atoms with Gasteiger partial charge in [0.2, 0.25) is 5.90 Å². The van der Waals surface area contributed by atoms with E-state index in [1.165, 1.54) is 0 Å². The summed E-state index contributed by atoms with van der Waals surface area (Å²) in [5, 5.41) is 13.4. The van der Waals surface area contributed by atoms with E-state index in [2.05, 4.69) is 20.9 Å². The number of carbonyl (C=O) groups excluding carboxylic acids is 1. The van der Waals surface area contributed by atoms with Crippen LogP contribution in [0.4, 0.5) is 0 Å². The molecule has 41 heavy (non-hydrogen) atoms. The fraction of sp³-hybridized carbons (Fsp3) is 0.333. The summed E-state index contributed by atoms with van der Waals surface area (Å²) in [7, 11) is 0. The molecule has 0 saturated heterocycles. The van der Waals surface area contributed by atoms with Crippen LogP contribution in [0.2, 0.25) is 5.02 Å². The average Bonchev–Trinajstić information content (AvgIpc) is 3.32. The fourth-order valence-corrected chi connectivity index (χ4v) is 4.66. The molecule has 0 aliphatic carbocycles. The Kier molecular flexibility index (Phi) is 10.6. The third-order valence-corrected chi connectivity index (χ3v) is 7.12. The fourth-order valence-electron chi connectivity index (χ4n) is 4.53. The van der Waals surface area contributed by atoms with Gasteiger partial charge in [0.1, 0.15) is 11.9 Å². The lowest BCUT2D eigenvalue weighted by atomic mass is 9.84. The number of nitrogens with one attached hydrogen (secondary N) is 2. The van der Waals surface area contributed by atoms with E-state index in [1.54, 1.807) is 12.1 Å². The molecule has 1 amide bonds. The molecule has 1 aliphatic heterocycles. The van der Waals surface area contributed by atoms with Crippen molar-refractivity contribution in [1.29, 1.82) is 0 Å². The van der Waals surface area contributed by atoms with Crippen LogP contribution in [-0.4, -0.2) is 48.3 Å². The Morgan fingerprint density at radius 1 is 1.15 bits per heavy atom. The lowest BCUT2D eigenvalue weighted by Crippen LogP contribution is -2.56. The Morgan fingerprint density at radius 3 is 2.59 bits per heavy atom. The van der Waals surface area contributed by atoms with Crippen LogP contribution in [0, 0.1) is 0 Å². The van der Waals surface area contributed by atoms with E-state index in [0.29, 0.717) is 48.2 Å². The molecule has 3 N–H and O–H groups in total. The summed E-state index contributed by atoms with van der Waals surface area (Å²) in [5.41, 5.74) is 16.9. The lowest BCUT2D eigenvalue weighted by Gasteiger charge is -2.29. The topological polar surface area (TPSA) is 141 Å². The monoisotopic (exact) mass is 576 g/mol. The first-order valence-corrected chi connectivity index (χ1v) is 13.8. The number of hydrogen-bond acceptors (Lipinski definition) is 7. The molecule has 0 radical (unpaired) electrons. The number of aliphatic imine (C=N–C) groups is 1. The molecular formula is C30H33ClN6O4. The van der Waals surface area contributed by atoms with Gasteiger partial charge in [0.05, 0.1) is 13.2 Å². The number of nitrogens with zero attached hydrogens (tertiary/aromatic N) is 4. The minimum absolute atomic E-state index is 0.0622. The van der Waals surface area contributed by atoms with Crippen LogP contribution in [0.25, 0.3) is 10.4 Å². The molecule has 0 aromatic heterocycles. The minimum atomic E-state index is -1.29. The zero-order chi connectivity index (χ0) is 29.1. The van der Waals surface area contributed by atoms with Crippen molar-refractivity contribution in [3.8, 4) is 5.75 Å². The van der Waals surface area contributed by atoms with Gasteiger partial charge >= 0.3 is 0 Å². The third kappa shape index (κ3) is 7.77. The smallest absolute Gasteiger partial charge is 0.266 e. The summed E-state index contributed by atoms with van der Waals surface area (Å²) in [6.45, 7) is 2.96. The predicted molar refractivity (Wildman–Crippen MR) is 158 cm³/mol. The summed E-state index contributed by atoms with van der Waals surface area (Å²) in [5.74, 6) is 0.677. The average molecular weight is 577 g/mol. The van der Waals surface area contributed by atoms with Gasteiger partial charge < -0.3 is 14.6 Å². The van der Waals surface area contributed by atoms with Gasteiger partial charge in [-0.05, 0) is 72.0 Å². The first-order chi connectivity index (χ1) is 19.9. The Morgan fingerprint density at radius 2 is 1.88 bits per heavy atom. The number of amides is 1. The van der Waals surface area contributed by atoms with Crippen molar-refractivity contribution in [3.05, 3.63) is 111 Å². The van der Waals surface area contributed by atoms with E-state index in [0.717, 1.165) is 16.7 Å². The highest BCUT2D eigenvalue weighted by Crippen LogP contribution is 2.33. The molecular weight excluding hydrogens is 544 g/mol. The highest BCUT2D eigenvalue weighted by Gasteiger charge is 2.50. The van der Waals surface area contributed by atoms with Gasteiger partial charge in [0, 0.05) is 41.5 Å². The van der Waals surface area contributed by atoms with Crippen molar-refractivity contribution in [2.45, 2.75) is 44.4 Å². The molecule has 4 rings (SSSR count). The molecule has 1 aliphatic rings. The number of aliphatic hydroxyl groups is 1. The number of benzene rings is 3. The molecule has 2 atom stereocenters. The summed E-state index contributed by atoms with van der Waals surface area (Å²) >= 11 is 5.98. The van der Waals surface area contributed by atoms with Crippen molar-refractivity contribution in [1.82, 2.24) is 10.9 Å². The van der Waals surface area contributed by atoms with Crippen molar-refractivity contribution in [3.63, 3.8) is 0 Å². The standard InChI is InChI=1S/C30H33ClN6O4/c1-21-30(19-24-5-2-3-6-25(24)20-34-37-32,29(39)36-33-16-15-22-7-11-26(31)12-8-22)35-28(41-21)23-9-13-27(14-10-23)40-18-4-17-38/h2-3,5-14,21,33,38H,4,15-20H2,1H3,(H,36,39)/t21-,30-/m0/s1. The molecule has 214 valence electrons. The number of carbonyl (C=O) groups is 1. The molecule has 0 spiro atoms. The SMILES string of the molecule is C[C@@H]1OC(c2ccc(OCCCO)cc2)=N[C@]1(Cc1ccccc1CN=[N+]=[N-])C(=O)NNCCc1ccc(Cl)cc1. The number of rotatable bonds is 14. The van der Waals surface area contributed by atoms with Gasteiger partial charge in [-0.3, -0.25) is 10.2 Å². The van der Waals surface area contributed by atoms with Gasteiger partial charge in [-0.2, -0.15) is 0 Å². The maximum Gasteiger partial charge on any atom is 0.266 e. The zero-order valence-corrected chi connectivity index (χ0v) is 23.6. The van der Waals surface area contributed by atoms with Gasteiger partial charge in [-0.15, -0.1) is 0 Å². The van der Waals surface area contributed by atoms with Crippen LogP contribution >= 0.6 is 11.6 Å². The van der Waals surface area contributed by atoms with Crippen LogP contribution in [0.3, 0.4) is 0 Å². The highest BCUT2D eigenvalue weighted by atomic mass is 35.5. The Hall–Kier alpha value is -4.08. The van der Waals surface area contributed by atoms with E-state index in [1.807, 2.05) is 67.6 Å². The molecule has 3 aromatic rings. The molecule has 11 heteroatoms. The van der Waals surface area contributed by atoms with Gasteiger partial charge in [-0.25, -0.2) is 10.4 Å². The molecule has 3 aromatic carbocycles. The number of halogens is 1.